The number of nitrogen functional groups attached to an aromatic ring is 1. The number of nitrogens with one attached hydrogen (secondary N) is 1. The molecule has 2 amide bonds. The third-order valence-corrected chi connectivity index (χ3v) is 6.24. The zero-order chi connectivity index (χ0) is 27.7. The van der Waals surface area contributed by atoms with Gasteiger partial charge in [-0.1, -0.05) is 12.1 Å². The van der Waals surface area contributed by atoms with Gasteiger partial charge in [-0.25, -0.2) is 9.37 Å². The molecule has 4 aromatic rings. The summed E-state index contributed by atoms with van der Waals surface area (Å²) in [6, 6.07) is 13.3. The fourth-order valence-corrected chi connectivity index (χ4v) is 4.17. The van der Waals surface area contributed by atoms with Gasteiger partial charge in [0.25, 0.3) is 5.91 Å². The van der Waals surface area contributed by atoms with Crippen molar-refractivity contribution in [1.29, 1.82) is 0 Å². The average Bonchev–Trinajstić information content (AvgIpc) is 3.31. The van der Waals surface area contributed by atoms with Gasteiger partial charge >= 0.3 is 6.18 Å². The monoisotopic (exact) mass is 538 g/mol. The van der Waals surface area contributed by atoms with Crippen molar-refractivity contribution in [2.45, 2.75) is 18.9 Å². The number of pyridine rings is 1. The number of carbonyl (C=O) groups is 2. The molecular weight excluding hydrogens is 516 g/mol. The molecule has 1 aliphatic heterocycles. The van der Waals surface area contributed by atoms with E-state index in [4.69, 9.17) is 10.2 Å². The van der Waals surface area contributed by atoms with Crippen molar-refractivity contribution in [2.24, 2.45) is 0 Å². The minimum Gasteiger partial charge on any atom is -0.459 e. The molecule has 0 saturated carbocycles. The molecule has 2 aromatic heterocycles. The lowest BCUT2D eigenvalue weighted by Gasteiger charge is -2.34. The number of furan rings is 1. The maximum absolute atomic E-state index is 13.9. The Bertz CT molecular complexity index is 1550. The first-order valence-corrected chi connectivity index (χ1v) is 11.9. The van der Waals surface area contributed by atoms with Gasteiger partial charge in [0, 0.05) is 23.2 Å². The fourth-order valence-electron chi connectivity index (χ4n) is 4.17. The molecule has 0 unspecified atom stereocenters. The molecule has 200 valence electrons. The molecule has 2 aromatic carbocycles. The van der Waals surface area contributed by atoms with Crippen LogP contribution in [0.25, 0.3) is 28.2 Å². The molecular formula is C28H22F4N4O3. The van der Waals surface area contributed by atoms with Crippen LogP contribution in [-0.2, 0) is 17.5 Å². The van der Waals surface area contributed by atoms with Gasteiger partial charge in [0.15, 0.2) is 0 Å². The largest absolute Gasteiger partial charge is 0.459 e. The van der Waals surface area contributed by atoms with Gasteiger partial charge in [0.2, 0.25) is 5.91 Å². The third-order valence-electron chi connectivity index (χ3n) is 6.24. The van der Waals surface area contributed by atoms with Crippen molar-refractivity contribution in [3.8, 4) is 11.1 Å². The van der Waals surface area contributed by atoms with Gasteiger partial charge in [-0.05, 0) is 65.2 Å². The van der Waals surface area contributed by atoms with Crippen molar-refractivity contribution < 1.29 is 31.6 Å². The molecule has 7 nitrogen and oxygen atoms in total. The van der Waals surface area contributed by atoms with Gasteiger partial charge < -0.3 is 20.4 Å². The molecule has 3 heterocycles. The molecule has 1 aliphatic rings. The summed E-state index contributed by atoms with van der Waals surface area (Å²) in [6.45, 7) is -0.0604. The number of anilines is 1. The molecule has 1 saturated heterocycles. The first kappa shape index (κ1) is 26.0. The van der Waals surface area contributed by atoms with E-state index < -0.39 is 23.8 Å². The highest BCUT2D eigenvalue weighted by molar-refractivity contribution is 5.96. The summed E-state index contributed by atoms with van der Waals surface area (Å²) in [6.07, 6.45) is -1.44. The van der Waals surface area contributed by atoms with Crippen LogP contribution >= 0.6 is 0 Å². The van der Waals surface area contributed by atoms with E-state index in [2.05, 4.69) is 10.3 Å². The van der Waals surface area contributed by atoms with Gasteiger partial charge in [-0.3, -0.25) is 9.59 Å². The molecule has 0 aliphatic carbocycles. The van der Waals surface area contributed by atoms with Crippen LogP contribution in [-0.4, -0.2) is 41.0 Å². The Labute approximate surface area is 219 Å². The van der Waals surface area contributed by atoms with Gasteiger partial charge in [0.05, 0.1) is 25.2 Å². The molecule has 0 bridgehead atoms. The predicted molar refractivity (Wildman–Crippen MR) is 137 cm³/mol. The van der Waals surface area contributed by atoms with Crippen LogP contribution in [0, 0.1) is 0 Å². The Hall–Kier alpha value is -4.67. The number of likely N-dealkylation sites (tertiary alicyclic amines) is 1. The molecule has 39 heavy (non-hydrogen) atoms. The maximum atomic E-state index is 13.9. The summed E-state index contributed by atoms with van der Waals surface area (Å²) in [7, 11) is 0. The fraction of sp³-hybridized carbons (Fsp3) is 0.179. The Morgan fingerprint density at radius 1 is 1.08 bits per heavy atom. The molecule has 1 fully saturated rings. The van der Waals surface area contributed by atoms with Gasteiger partial charge in [-0.2, -0.15) is 13.2 Å². The summed E-state index contributed by atoms with van der Waals surface area (Å²) < 4.78 is 60.3. The lowest BCUT2D eigenvalue weighted by molar-refractivity contribution is -0.136. The van der Waals surface area contributed by atoms with Gasteiger partial charge in [0.1, 0.15) is 23.3 Å². The number of alkyl halides is 4. The first-order valence-electron chi connectivity index (χ1n) is 11.9. The second-order valence-corrected chi connectivity index (χ2v) is 9.10. The summed E-state index contributed by atoms with van der Waals surface area (Å²) in [5, 5.41) is 2.79. The summed E-state index contributed by atoms with van der Waals surface area (Å²) in [5.41, 5.74) is 5.93. The van der Waals surface area contributed by atoms with Crippen LogP contribution in [0.2, 0.25) is 0 Å². The Morgan fingerprint density at radius 3 is 2.46 bits per heavy atom. The quantitative estimate of drug-likeness (QED) is 0.259. The second-order valence-electron chi connectivity index (χ2n) is 9.10. The minimum absolute atomic E-state index is 0.0336. The number of aromatic nitrogens is 1. The standard InChI is InChI=1S/C28H22F4N4O3/c29-21-14-36(15-21)27(38)18-5-3-17(4-6-18)19-9-20-10-22(39-26(20)23(11-19)28(30,31)32)13-35-25(37)8-2-16-1-7-24(33)34-12-16/h1-12,21H,13-15H2,(H2,33,34)(H,35,37). The number of fused-ring (bicyclic) bond motifs is 1. The summed E-state index contributed by atoms with van der Waals surface area (Å²) >= 11 is 0. The molecule has 0 spiro atoms. The number of carbonyl (C=O) groups excluding carboxylic acids is 2. The van der Waals surface area contributed by atoms with E-state index in [9.17, 15) is 27.2 Å². The van der Waals surface area contributed by atoms with Crippen molar-refractivity contribution in [2.75, 3.05) is 18.8 Å². The number of nitrogens with two attached hydrogens (primary N) is 1. The highest BCUT2D eigenvalue weighted by atomic mass is 19.4. The number of halogens is 4. The smallest absolute Gasteiger partial charge is 0.420 e. The molecule has 11 heteroatoms. The number of benzene rings is 2. The predicted octanol–water partition coefficient (Wildman–Crippen LogP) is 5.22. The summed E-state index contributed by atoms with van der Waals surface area (Å²) in [5.74, 6) is -0.318. The number of hydrogen-bond donors (Lipinski definition) is 2. The summed E-state index contributed by atoms with van der Waals surface area (Å²) in [4.78, 5) is 29.8. The lowest BCUT2D eigenvalue weighted by atomic mass is 9.99. The zero-order valence-corrected chi connectivity index (χ0v) is 20.3. The van der Waals surface area contributed by atoms with Crippen LogP contribution in [0.4, 0.5) is 23.4 Å². The number of hydrogen-bond acceptors (Lipinski definition) is 5. The van der Waals surface area contributed by atoms with Gasteiger partial charge in [-0.15, -0.1) is 0 Å². The molecule has 5 rings (SSSR count). The zero-order valence-electron chi connectivity index (χ0n) is 20.3. The van der Waals surface area contributed by atoms with E-state index in [0.29, 0.717) is 22.5 Å². The van der Waals surface area contributed by atoms with Crippen molar-refractivity contribution in [1.82, 2.24) is 15.2 Å². The normalized spacial score (nSPS) is 14.1. The van der Waals surface area contributed by atoms with Crippen LogP contribution < -0.4 is 11.1 Å². The topological polar surface area (TPSA) is 101 Å². The highest BCUT2D eigenvalue weighted by Crippen LogP contribution is 2.39. The number of amides is 2. The van der Waals surface area contributed by atoms with E-state index >= 15 is 0 Å². The minimum atomic E-state index is -4.70. The Kier molecular flexibility index (Phi) is 6.81. The van der Waals surface area contributed by atoms with E-state index in [1.54, 1.807) is 30.3 Å². The van der Waals surface area contributed by atoms with Crippen molar-refractivity contribution >= 4 is 34.7 Å². The van der Waals surface area contributed by atoms with E-state index in [-0.39, 0.29) is 47.8 Å². The molecule has 0 atom stereocenters. The second kappa shape index (κ2) is 10.2. The SMILES string of the molecule is Nc1ccc(C=CC(=O)NCc2cc3cc(-c4ccc(C(=O)N5CC(F)C5)cc4)cc(C(F)(F)F)c3o2)cn1. The molecule has 3 N–H and O–H groups in total. The average molecular weight is 539 g/mol. The molecule has 0 radical (unpaired) electrons. The van der Waals surface area contributed by atoms with Crippen LogP contribution in [0.5, 0.6) is 0 Å². The van der Waals surface area contributed by atoms with Crippen LogP contribution in [0.15, 0.2) is 71.3 Å². The van der Waals surface area contributed by atoms with E-state index in [0.717, 1.165) is 6.07 Å². The van der Waals surface area contributed by atoms with E-state index in [1.165, 1.54) is 41.4 Å². The van der Waals surface area contributed by atoms with Crippen molar-refractivity contribution in [3.63, 3.8) is 0 Å². The highest BCUT2D eigenvalue weighted by Gasteiger charge is 2.35. The Balaban J connectivity index is 1.35. The van der Waals surface area contributed by atoms with Crippen LogP contribution in [0.1, 0.15) is 27.2 Å². The number of rotatable bonds is 6. The lowest BCUT2D eigenvalue weighted by Crippen LogP contribution is -2.51. The van der Waals surface area contributed by atoms with Crippen molar-refractivity contribution in [3.05, 3.63) is 89.3 Å². The third kappa shape index (κ3) is 5.77. The maximum Gasteiger partial charge on any atom is 0.420 e. The first-order chi connectivity index (χ1) is 18.6. The number of nitrogens with zero attached hydrogens (tertiary/aromatic N) is 2. The van der Waals surface area contributed by atoms with E-state index in [1.807, 2.05) is 0 Å². The Morgan fingerprint density at radius 2 is 1.82 bits per heavy atom. The van der Waals surface area contributed by atoms with Crippen LogP contribution in [0.3, 0.4) is 0 Å².